The van der Waals surface area contributed by atoms with Gasteiger partial charge in [-0.1, -0.05) is 12.1 Å². The van der Waals surface area contributed by atoms with E-state index in [0.29, 0.717) is 6.54 Å². The summed E-state index contributed by atoms with van der Waals surface area (Å²) in [6.07, 6.45) is 0. The summed E-state index contributed by atoms with van der Waals surface area (Å²) in [5.74, 6) is 0.570. The molecule has 0 radical (unpaired) electrons. The molecule has 0 bridgehead atoms. The van der Waals surface area contributed by atoms with E-state index in [9.17, 15) is 9.18 Å². The number of ether oxygens (including phenoxy) is 1. The van der Waals surface area contributed by atoms with Crippen molar-refractivity contribution in [1.82, 2.24) is 10.2 Å². The Morgan fingerprint density at radius 3 is 2.30 bits per heavy atom. The molecule has 1 fully saturated rings. The Kier molecular flexibility index (Phi) is 6.29. The van der Waals surface area contributed by atoms with Crippen LogP contribution in [0.3, 0.4) is 0 Å². The summed E-state index contributed by atoms with van der Waals surface area (Å²) in [6, 6.07) is 14.1. The minimum atomic E-state index is -0.271. The smallest absolute Gasteiger partial charge is 0.234 e. The Hall–Kier alpha value is -2.60. The second-order valence-corrected chi connectivity index (χ2v) is 6.80. The first kappa shape index (κ1) is 19.2. The van der Waals surface area contributed by atoms with Gasteiger partial charge in [0.2, 0.25) is 5.91 Å². The first-order chi connectivity index (χ1) is 13.0. The first-order valence-electron chi connectivity index (χ1n) is 9.21. The van der Waals surface area contributed by atoms with Crippen LogP contribution in [0.25, 0.3) is 0 Å². The quantitative estimate of drug-likeness (QED) is 0.848. The maximum Gasteiger partial charge on any atom is 0.234 e. The van der Waals surface area contributed by atoms with E-state index in [1.54, 1.807) is 19.2 Å². The van der Waals surface area contributed by atoms with E-state index in [1.165, 1.54) is 17.8 Å². The Morgan fingerprint density at radius 1 is 1.07 bits per heavy atom. The van der Waals surface area contributed by atoms with Gasteiger partial charge >= 0.3 is 0 Å². The standard InChI is InChI=1S/C21H26FN3O2/c1-16(17-3-5-18(22)6-4-17)23-21(26)15-24-11-13-25(14-12-24)19-7-9-20(27-2)10-8-19/h3-10,16H,11-15H2,1-2H3,(H,23,26). The summed E-state index contributed by atoms with van der Waals surface area (Å²) < 4.78 is 18.2. The molecular formula is C21H26FN3O2. The van der Waals surface area contributed by atoms with E-state index in [2.05, 4.69) is 27.2 Å². The Balaban J connectivity index is 1.45. The zero-order chi connectivity index (χ0) is 19.2. The van der Waals surface area contributed by atoms with Gasteiger partial charge in [-0.2, -0.15) is 0 Å². The lowest BCUT2D eigenvalue weighted by Gasteiger charge is -2.36. The topological polar surface area (TPSA) is 44.8 Å². The molecule has 2 aromatic carbocycles. The predicted molar refractivity (Wildman–Crippen MR) is 105 cm³/mol. The first-order valence-corrected chi connectivity index (χ1v) is 9.21. The third-order valence-electron chi connectivity index (χ3n) is 4.92. The minimum Gasteiger partial charge on any atom is -0.497 e. The van der Waals surface area contributed by atoms with Crippen LogP contribution in [0, 0.1) is 5.82 Å². The van der Waals surface area contributed by atoms with Gasteiger partial charge in [0.1, 0.15) is 11.6 Å². The van der Waals surface area contributed by atoms with Gasteiger partial charge in [-0.25, -0.2) is 4.39 Å². The molecule has 27 heavy (non-hydrogen) atoms. The van der Waals surface area contributed by atoms with Crippen LogP contribution in [0.4, 0.5) is 10.1 Å². The molecule has 3 rings (SSSR count). The fraction of sp³-hybridized carbons (Fsp3) is 0.381. The van der Waals surface area contributed by atoms with Crippen LogP contribution in [-0.4, -0.2) is 50.6 Å². The number of amides is 1. The predicted octanol–water partition coefficient (Wildman–Crippen LogP) is 2.83. The summed E-state index contributed by atoms with van der Waals surface area (Å²) in [5, 5.41) is 2.99. The normalized spacial score (nSPS) is 16.0. The number of hydrogen-bond acceptors (Lipinski definition) is 4. The molecule has 6 heteroatoms. The van der Waals surface area contributed by atoms with E-state index in [4.69, 9.17) is 4.74 Å². The second-order valence-electron chi connectivity index (χ2n) is 6.80. The van der Waals surface area contributed by atoms with E-state index >= 15 is 0 Å². The van der Waals surface area contributed by atoms with Gasteiger partial charge in [0.25, 0.3) is 0 Å². The van der Waals surface area contributed by atoms with Gasteiger partial charge in [-0.3, -0.25) is 9.69 Å². The van der Waals surface area contributed by atoms with Crippen molar-refractivity contribution in [3.63, 3.8) is 0 Å². The monoisotopic (exact) mass is 371 g/mol. The second kappa shape index (κ2) is 8.86. The molecule has 1 atom stereocenters. The van der Waals surface area contributed by atoms with Gasteiger partial charge in [0.15, 0.2) is 0 Å². The number of piperazine rings is 1. The van der Waals surface area contributed by atoms with Crippen LogP contribution in [0.5, 0.6) is 5.75 Å². The molecule has 1 aliphatic rings. The van der Waals surface area contributed by atoms with Gasteiger partial charge in [-0.15, -0.1) is 0 Å². The highest BCUT2D eigenvalue weighted by Crippen LogP contribution is 2.20. The van der Waals surface area contributed by atoms with Crippen molar-refractivity contribution in [2.75, 3.05) is 44.7 Å². The molecule has 0 saturated carbocycles. The molecule has 144 valence electrons. The van der Waals surface area contributed by atoms with Crippen LogP contribution < -0.4 is 15.0 Å². The summed E-state index contributed by atoms with van der Waals surface area (Å²) in [4.78, 5) is 16.8. The summed E-state index contributed by atoms with van der Waals surface area (Å²) in [6.45, 7) is 5.73. The van der Waals surface area contributed by atoms with Crippen molar-refractivity contribution in [1.29, 1.82) is 0 Å². The molecule has 1 aliphatic heterocycles. The Morgan fingerprint density at radius 2 is 1.70 bits per heavy atom. The van der Waals surface area contributed by atoms with E-state index < -0.39 is 0 Å². The maximum atomic E-state index is 13.0. The van der Waals surface area contributed by atoms with Gasteiger partial charge in [0, 0.05) is 31.9 Å². The molecule has 1 saturated heterocycles. The number of hydrogen-bond donors (Lipinski definition) is 1. The average Bonchev–Trinajstić information content (AvgIpc) is 2.69. The molecule has 0 spiro atoms. The number of nitrogens with zero attached hydrogens (tertiary/aromatic N) is 2. The maximum absolute atomic E-state index is 13.0. The van der Waals surface area contributed by atoms with Crippen LogP contribution in [0.1, 0.15) is 18.5 Å². The zero-order valence-corrected chi connectivity index (χ0v) is 15.8. The number of methoxy groups -OCH3 is 1. The van der Waals surface area contributed by atoms with Crippen molar-refractivity contribution < 1.29 is 13.9 Å². The zero-order valence-electron chi connectivity index (χ0n) is 15.8. The number of rotatable bonds is 6. The summed E-state index contributed by atoms with van der Waals surface area (Å²) in [5.41, 5.74) is 2.07. The third kappa shape index (κ3) is 5.20. The van der Waals surface area contributed by atoms with Crippen molar-refractivity contribution in [2.45, 2.75) is 13.0 Å². The Labute approximate surface area is 159 Å². The van der Waals surface area contributed by atoms with Gasteiger partial charge < -0.3 is 15.0 Å². The van der Waals surface area contributed by atoms with Crippen molar-refractivity contribution in [3.05, 3.63) is 59.9 Å². The van der Waals surface area contributed by atoms with Crippen molar-refractivity contribution in [3.8, 4) is 5.75 Å². The lowest BCUT2D eigenvalue weighted by atomic mass is 10.1. The van der Waals surface area contributed by atoms with Crippen LogP contribution in [0.2, 0.25) is 0 Å². The van der Waals surface area contributed by atoms with Gasteiger partial charge in [-0.05, 0) is 48.9 Å². The van der Waals surface area contributed by atoms with Crippen molar-refractivity contribution >= 4 is 11.6 Å². The highest BCUT2D eigenvalue weighted by atomic mass is 19.1. The molecule has 1 unspecified atom stereocenters. The molecule has 5 nitrogen and oxygen atoms in total. The SMILES string of the molecule is COc1ccc(N2CCN(CC(=O)NC(C)c3ccc(F)cc3)CC2)cc1. The molecule has 2 aromatic rings. The Bertz CT molecular complexity index is 741. The lowest BCUT2D eigenvalue weighted by Crippen LogP contribution is -2.49. The molecule has 0 aromatic heterocycles. The number of halogens is 1. The number of carbonyl (C=O) groups excluding carboxylic acids is 1. The molecule has 0 aliphatic carbocycles. The lowest BCUT2D eigenvalue weighted by molar-refractivity contribution is -0.123. The number of anilines is 1. The van der Waals surface area contributed by atoms with Gasteiger partial charge in [0.05, 0.1) is 19.7 Å². The van der Waals surface area contributed by atoms with E-state index in [0.717, 1.165) is 37.5 Å². The molecular weight excluding hydrogens is 345 g/mol. The number of nitrogens with one attached hydrogen (secondary N) is 1. The van der Waals surface area contributed by atoms with Crippen LogP contribution >= 0.6 is 0 Å². The summed E-state index contributed by atoms with van der Waals surface area (Å²) >= 11 is 0. The van der Waals surface area contributed by atoms with Crippen LogP contribution in [-0.2, 0) is 4.79 Å². The minimum absolute atomic E-state index is 0.00952. The summed E-state index contributed by atoms with van der Waals surface area (Å²) in [7, 11) is 1.66. The fourth-order valence-corrected chi connectivity index (χ4v) is 3.28. The fourth-order valence-electron chi connectivity index (χ4n) is 3.28. The van der Waals surface area contributed by atoms with Crippen LogP contribution in [0.15, 0.2) is 48.5 Å². The third-order valence-corrected chi connectivity index (χ3v) is 4.92. The molecule has 1 N–H and O–H groups in total. The molecule has 1 heterocycles. The number of carbonyl (C=O) groups is 1. The largest absolute Gasteiger partial charge is 0.497 e. The van der Waals surface area contributed by atoms with Crippen molar-refractivity contribution in [2.24, 2.45) is 0 Å². The highest BCUT2D eigenvalue weighted by molar-refractivity contribution is 5.78. The number of benzene rings is 2. The van der Waals surface area contributed by atoms with E-state index in [1.807, 2.05) is 19.1 Å². The highest BCUT2D eigenvalue weighted by Gasteiger charge is 2.20. The molecule has 1 amide bonds. The van der Waals surface area contributed by atoms with E-state index in [-0.39, 0.29) is 17.8 Å². The average molecular weight is 371 g/mol.